The van der Waals surface area contributed by atoms with Crippen molar-refractivity contribution in [3.63, 3.8) is 0 Å². The van der Waals surface area contributed by atoms with Gasteiger partial charge in [0.25, 0.3) is 0 Å². The van der Waals surface area contributed by atoms with E-state index in [4.69, 9.17) is 10.5 Å². The van der Waals surface area contributed by atoms with E-state index < -0.39 is 39.5 Å². The highest BCUT2D eigenvalue weighted by atomic mass is 19.2. The Hall–Kier alpha value is -2.48. The summed E-state index contributed by atoms with van der Waals surface area (Å²) >= 11 is 0. The maximum Gasteiger partial charge on any atom is 0.341 e. The van der Waals surface area contributed by atoms with Crippen LogP contribution >= 0.6 is 0 Å². The number of aromatic nitrogens is 1. The van der Waals surface area contributed by atoms with Crippen LogP contribution in [0.2, 0.25) is 0 Å². The standard InChI is InChI=1S/C16H14F2N2O4/c1-6-5-24-14-9(16(19)2-3-16)11(18)10(17)8-12(14)20(6)4-7(13(8)21)15(22)23/h4,6H,2-3,5,19H2,1H3,(H,22,23). The number of benzene rings is 1. The molecule has 126 valence electrons. The van der Waals surface area contributed by atoms with Crippen LogP contribution in [0.4, 0.5) is 8.78 Å². The Balaban J connectivity index is 2.25. The van der Waals surface area contributed by atoms with Crippen LogP contribution < -0.4 is 15.9 Å². The molecule has 1 atom stereocenters. The summed E-state index contributed by atoms with van der Waals surface area (Å²) in [7, 11) is 0. The number of nitrogens with zero attached hydrogens (tertiary/aromatic N) is 1. The van der Waals surface area contributed by atoms with Crippen LogP contribution in [0.3, 0.4) is 0 Å². The minimum Gasteiger partial charge on any atom is -0.489 e. The zero-order valence-corrected chi connectivity index (χ0v) is 12.7. The average molecular weight is 336 g/mol. The van der Waals surface area contributed by atoms with Gasteiger partial charge in [-0.3, -0.25) is 4.79 Å². The topological polar surface area (TPSA) is 94.6 Å². The number of carboxylic acids is 1. The van der Waals surface area contributed by atoms with Crippen LogP contribution in [0.25, 0.3) is 10.9 Å². The first-order valence-corrected chi connectivity index (χ1v) is 7.51. The molecule has 0 spiro atoms. The first-order chi connectivity index (χ1) is 11.3. The number of hydrogen-bond acceptors (Lipinski definition) is 4. The first-order valence-electron chi connectivity index (χ1n) is 7.51. The van der Waals surface area contributed by atoms with Crippen LogP contribution in [0, 0.1) is 11.6 Å². The highest BCUT2D eigenvalue weighted by molar-refractivity contribution is 5.95. The number of hydrogen-bond donors (Lipinski definition) is 2. The summed E-state index contributed by atoms with van der Waals surface area (Å²) < 4.78 is 36.4. The summed E-state index contributed by atoms with van der Waals surface area (Å²) in [6.07, 6.45) is 2.12. The Morgan fingerprint density at radius 1 is 1.42 bits per heavy atom. The average Bonchev–Trinajstić information content (AvgIpc) is 3.26. The molecule has 2 aliphatic rings. The maximum atomic E-state index is 14.7. The van der Waals surface area contributed by atoms with E-state index in [-0.39, 0.29) is 29.5 Å². The molecule has 1 aromatic heterocycles. The summed E-state index contributed by atoms with van der Waals surface area (Å²) in [5, 5.41) is 8.58. The summed E-state index contributed by atoms with van der Waals surface area (Å²) in [6, 6.07) is -0.343. The van der Waals surface area contributed by atoms with Gasteiger partial charge in [0.15, 0.2) is 17.4 Å². The fourth-order valence-electron chi connectivity index (χ4n) is 3.26. The molecule has 0 radical (unpaired) electrons. The molecule has 6 nitrogen and oxygen atoms in total. The van der Waals surface area contributed by atoms with E-state index in [0.29, 0.717) is 12.8 Å². The van der Waals surface area contributed by atoms with Crippen molar-refractivity contribution in [2.75, 3.05) is 6.61 Å². The van der Waals surface area contributed by atoms with Gasteiger partial charge < -0.3 is 20.1 Å². The van der Waals surface area contributed by atoms with Gasteiger partial charge >= 0.3 is 5.97 Å². The fourth-order valence-corrected chi connectivity index (χ4v) is 3.26. The molecule has 24 heavy (non-hydrogen) atoms. The maximum absolute atomic E-state index is 14.7. The van der Waals surface area contributed by atoms with E-state index >= 15 is 0 Å². The second-order valence-electron chi connectivity index (χ2n) is 6.46. The number of halogens is 2. The molecule has 1 aliphatic carbocycles. The van der Waals surface area contributed by atoms with E-state index in [1.807, 2.05) is 0 Å². The predicted molar refractivity (Wildman–Crippen MR) is 80.4 cm³/mol. The van der Waals surface area contributed by atoms with Gasteiger partial charge in [0.05, 0.1) is 22.5 Å². The number of rotatable bonds is 2. The third-order valence-corrected chi connectivity index (χ3v) is 4.77. The third kappa shape index (κ3) is 1.77. The van der Waals surface area contributed by atoms with Crippen molar-refractivity contribution >= 4 is 16.9 Å². The first kappa shape index (κ1) is 15.1. The lowest BCUT2D eigenvalue weighted by Crippen LogP contribution is -2.31. The molecule has 1 fully saturated rings. The number of carboxylic acid groups (broad SMARTS) is 1. The molecule has 3 N–H and O–H groups in total. The van der Waals surface area contributed by atoms with Crippen molar-refractivity contribution in [2.45, 2.75) is 31.3 Å². The van der Waals surface area contributed by atoms with E-state index in [0.717, 1.165) is 6.20 Å². The summed E-state index contributed by atoms with van der Waals surface area (Å²) in [5.41, 5.74) is 3.36. The summed E-state index contributed by atoms with van der Waals surface area (Å²) in [4.78, 5) is 23.7. The number of pyridine rings is 1. The Labute approximate surface area is 134 Å². The van der Waals surface area contributed by atoms with Gasteiger partial charge in [-0.15, -0.1) is 0 Å². The molecule has 2 heterocycles. The minimum absolute atomic E-state index is 0.0380. The predicted octanol–water partition coefficient (Wildman–Crippen LogP) is 1.88. The number of aromatic carboxylic acids is 1. The Morgan fingerprint density at radius 3 is 2.67 bits per heavy atom. The molecule has 4 rings (SSSR count). The summed E-state index contributed by atoms with van der Waals surface area (Å²) in [5.74, 6) is -4.07. The molecule has 0 saturated heterocycles. The van der Waals surface area contributed by atoms with E-state index in [1.54, 1.807) is 6.92 Å². The lowest BCUT2D eigenvalue weighted by molar-refractivity contribution is 0.0694. The molecule has 0 bridgehead atoms. The minimum atomic E-state index is -1.49. The number of nitrogens with two attached hydrogens (primary N) is 1. The normalized spacial score (nSPS) is 20.8. The molecule has 8 heteroatoms. The highest BCUT2D eigenvalue weighted by Gasteiger charge is 2.47. The third-order valence-electron chi connectivity index (χ3n) is 4.77. The zero-order chi connectivity index (χ0) is 17.4. The molecule has 2 aromatic rings. The van der Waals surface area contributed by atoms with Crippen LogP contribution in [-0.2, 0) is 5.54 Å². The van der Waals surface area contributed by atoms with Gasteiger partial charge in [-0.05, 0) is 19.8 Å². The van der Waals surface area contributed by atoms with E-state index in [2.05, 4.69) is 0 Å². The van der Waals surface area contributed by atoms with Crippen molar-refractivity contribution in [1.82, 2.24) is 4.57 Å². The zero-order valence-electron chi connectivity index (χ0n) is 12.7. The van der Waals surface area contributed by atoms with Crippen LogP contribution in [0.5, 0.6) is 5.75 Å². The highest BCUT2D eigenvalue weighted by Crippen LogP contribution is 2.51. The molecule has 1 saturated carbocycles. The van der Waals surface area contributed by atoms with Gasteiger partial charge in [-0.1, -0.05) is 0 Å². The van der Waals surface area contributed by atoms with E-state index in [9.17, 15) is 23.5 Å². The molecule has 0 amide bonds. The SMILES string of the molecule is CC1COc2c(C3(N)CC3)c(F)c(F)c3c(=O)c(C(=O)O)cn1c23. The molecular weight excluding hydrogens is 322 g/mol. The van der Waals surface area contributed by atoms with Gasteiger partial charge in [-0.25, -0.2) is 13.6 Å². The number of ether oxygens (including phenoxy) is 1. The largest absolute Gasteiger partial charge is 0.489 e. The smallest absolute Gasteiger partial charge is 0.341 e. The number of carbonyl (C=O) groups is 1. The van der Waals surface area contributed by atoms with Gasteiger partial charge in [-0.2, -0.15) is 0 Å². The quantitative estimate of drug-likeness (QED) is 0.873. The lowest BCUT2D eigenvalue weighted by Gasteiger charge is -2.30. The van der Waals surface area contributed by atoms with Crippen LogP contribution in [-0.4, -0.2) is 22.2 Å². The van der Waals surface area contributed by atoms with Crippen LogP contribution in [0.15, 0.2) is 11.0 Å². The fraction of sp³-hybridized carbons (Fsp3) is 0.375. The van der Waals surface area contributed by atoms with Gasteiger partial charge in [0.2, 0.25) is 5.43 Å². The molecule has 1 aromatic carbocycles. The Kier molecular flexibility index (Phi) is 2.85. The van der Waals surface area contributed by atoms with Crippen molar-refractivity contribution in [3.05, 3.63) is 39.2 Å². The Morgan fingerprint density at radius 2 is 2.08 bits per heavy atom. The van der Waals surface area contributed by atoms with Crippen molar-refractivity contribution in [2.24, 2.45) is 5.73 Å². The second kappa shape index (κ2) is 4.54. The van der Waals surface area contributed by atoms with E-state index in [1.165, 1.54) is 4.57 Å². The monoisotopic (exact) mass is 336 g/mol. The van der Waals surface area contributed by atoms with Gasteiger partial charge in [0.1, 0.15) is 12.2 Å². The molecule has 1 unspecified atom stereocenters. The van der Waals surface area contributed by atoms with Crippen molar-refractivity contribution < 1.29 is 23.4 Å². The van der Waals surface area contributed by atoms with Crippen LogP contribution in [0.1, 0.15) is 41.7 Å². The second-order valence-corrected chi connectivity index (χ2v) is 6.46. The van der Waals surface area contributed by atoms with Crippen molar-refractivity contribution in [3.8, 4) is 5.75 Å². The van der Waals surface area contributed by atoms with Gasteiger partial charge in [0, 0.05) is 11.7 Å². The molecule has 1 aliphatic heterocycles. The lowest BCUT2D eigenvalue weighted by atomic mass is 9.97. The Bertz CT molecular complexity index is 979. The molecular formula is C16H14F2N2O4. The van der Waals surface area contributed by atoms with Crippen molar-refractivity contribution in [1.29, 1.82) is 0 Å². The summed E-state index contributed by atoms with van der Waals surface area (Å²) in [6.45, 7) is 1.87.